The zero-order chi connectivity index (χ0) is 21.1. The highest BCUT2D eigenvalue weighted by atomic mass is 16.2. The van der Waals surface area contributed by atoms with Crippen molar-refractivity contribution in [3.05, 3.63) is 96.2 Å². The second-order valence-corrected chi connectivity index (χ2v) is 6.78. The van der Waals surface area contributed by atoms with E-state index >= 15 is 0 Å². The monoisotopic (exact) mass is 397 g/mol. The van der Waals surface area contributed by atoms with Crippen molar-refractivity contribution in [3.8, 4) is 0 Å². The first-order valence-corrected chi connectivity index (χ1v) is 9.43. The SMILES string of the molecule is CC(=O)Nc1ccc(C2=C(Nc3ccccc3)C(=O)N(c3ccccc3)C2=O)cc1. The molecule has 30 heavy (non-hydrogen) atoms. The molecule has 0 saturated carbocycles. The second kappa shape index (κ2) is 8.05. The van der Waals surface area contributed by atoms with Crippen LogP contribution in [0.4, 0.5) is 17.1 Å². The molecule has 6 nitrogen and oxygen atoms in total. The number of amides is 3. The summed E-state index contributed by atoms with van der Waals surface area (Å²) in [6.07, 6.45) is 0. The van der Waals surface area contributed by atoms with Crippen molar-refractivity contribution < 1.29 is 14.4 Å². The van der Waals surface area contributed by atoms with E-state index in [0.717, 1.165) is 0 Å². The van der Waals surface area contributed by atoms with Crippen molar-refractivity contribution in [2.45, 2.75) is 6.92 Å². The van der Waals surface area contributed by atoms with Crippen molar-refractivity contribution in [1.29, 1.82) is 0 Å². The van der Waals surface area contributed by atoms with Crippen LogP contribution < -0.4 is 15.5 Å². The van der Waals surface area contributed by atoms with Gasteiger partial charge in [0.1, 0.15) is 5.70 Å². The third kappa shape index (κ3) is 3.71. The molecule has 3 amide bonds. The number of nitrogens with zero attached hydrogens (tertiary/aromatic N) is 1. The van der Waals surface area contributed by atoms with Crippen LogP contribution in [-0.2, 0) is 14.4 Å². The van der Waals surface area contributed by atoms with Crippen LogP contribution in [0.3, 0.4) is 0 Å². The molecular formula is C24H19N3O3. The van der Waals surface area contributed by atoms with E-state index in [1.165, 1.54) is 11.8 Å². The van der Waals surface area contributed by atoms with E-state index in [9.17, 15) is 14.4 Å². The molecule has 1 aliphatic rings. The van der Waals surface area contributed by atoms with Gasteiger partial charge >= 0.3 is 0 Å². The molecule has 1 aliphatic heterocycles. The number of benzene rings is 3. The maximum Gasteiger partial charge on any atom is 0.282 e. The van der Waals surface area contributed by atoms with E-state index in [1.54, 1.807) is 48.5 Å². The van der Waals surface area contributed by atoms with Gasteiger partial charge in [-0.2, -0.15) is 0 Å². The molecule has 0 fully saturated rings. The number of carbonyl (C=O) groups is 3. The second-order valence-electron chi connectivity index (χ2n) is 6.78. The molecule has 0 spiro atoms. The average Bonchev–Trinajstić information content (AvgIpc) is 2.99. The summed E-state index contributed by atoms with van der Waals surface area (Å²) in [5, 5.41) is 5.81. The van der Waals surface area contributed by atoms with Crippen LogP contribution >= 0.6 is 0 Å². The number of rotatable bonds is 5. The van der Waals surface area contributed by atoms with Gasteiger partial charge in [-0.05, 0) is 42.0 Å². The fraction of sp³-hybridized carbons (Fsp3) is 0.0417. The van der Waals surface area contributed by atoms with Crippen molar-refractivity contribution in [3.63, 3.8) is 0 Å². The van der Waals surface area contributed by atoms with Crippen molar-refractivity contribution in [1.82, 2.24) is 0 Å². The molecule has 0 saturated heterocycles. The van der Waals surface area contributed by atoms with Gasteiger partial charge in [-0.3, -0.25) is 14.4 Å². The molecule has 0 atom stereocenters. The number of anilines is 3. The molecule has 0 bridgehead atoms. The summed E-state index contributed by atoms with van der Waals surface area (Å²) in [5.74, 6) is -1.01. The Hall–Kier alpha value is -4.19. The molecule has 148 valence electrons. The summed E-state index contributed by atoms with van der Waals surface area (Å²) in [6, 6.07) is 24.9. The summed E-state index contributed by atoms with van der Waals surface area (Å²) in [7, 11) is 0. The molecule has 1 heterocycles. The smallest absolute Gasteiger partial charge is 0.282 e. The van der Waals surface area contributed by atoms with E-state index in [-0.39, 0.29) is 17.2 Å². The predicted molar refractivity (Wildman–Crippen MR) is 117 cm³/mol. The Morgan fingerprint density at radius 2 is 1.33 bits per heavy atom. The van der Waals surface area contributed by atoms with E-state index in [1.807, 2.05) is 36.4 Å². The maximum absolute atomic E-state index is 13.3. The number of hydrogen-bond donors (Lipinski definition) is 2. The van der Waals surface area contributed by atoms with Gasteiger partial charge in [-0.15, -0.1) is 0 Å². The Balaban J connectivity index is 1.78. The summed E-state index contributed by atoms with van der Waals surface area (Å²) in [4.78, 5) is 39.0. The third-order valence-electron chi connectivity index (χ3n) is 4.64. The Kier molecular flexibility index (Phi) is 5.13. The van der Waals surface area contributed by atoms with Crippen molar-refractivity contribution in [2.75, 3.05) is 15.5 Å². The fourth-order valence-electron chi connectivity index (χ4n) is 3.31. The summed E-state index contributed by atoms with van der Waals surface area (Å²) >= 11 is 0. The fourth-order valence-corrected chi connectivity index (χ4v) is 3.31. The molecule has 6 heteroatoms. The minimum absolute atomic E-state index is 0.184. The highest BCUT2D eigenvalue weighted by Crippen LogP contribution is 2.34. The van der Waals surface area contributed by atoms with Crippen LogP contribution in [0.25, 0.3) is 5.57 Å². The number of nitrogens with one attached hydrogen (secondary N) is 2. The summed E-state index contributed by atoms with van der Waals surface area (Å²) < 4.78 is 0. The largest absolute Gasteiger partial charge is 0.350 e. The lowest BCUT2D eigenvalue weighted by Crippen LogP contribution is -2.32. The molecule has 3 aromatic rings. The van der Waals surface area contributed by atoms with Crippen molar-refractivity contribution >= 4 is 40.4 Å². The van der Waals surface area contributed by atoms with Crippen LogP contribution in [0.5, 0.6) is 0 Å². The van der Waals surface area contributed by atoms with Gasteiger partial charge in [0, 0.05) is 18.3 Å². The zero-order valence-electron chi connectivity index (χ0n) is 16.3. The highest BCUT2D eigenvalue weighted by Gasteiger charge is 2.40. The lowest BCUT2D eigenvalue weighted by molar-refractivity contribution is -0.120. The minimum atomic E-state index is -0.420. The van der Waals surface area contributed by atoms with Gasteiger partial charge in [0.2, 0.25) is 5.91 Å². The normalized spacial score (nSPS) is 13.6. The van der Waals surface area contributed by atoms with E-state index in [4.69, 9.17) is 0 Å². The van der Waals surface area contributed by atoms with Gasteiger partial charge in [0.25, 0.3) is 11.8 Å². The molecule has 0 unspecified atom stereocenters. The number of carbonyl (C=O) groups excluding carboxylic acids is 3. The predicted octanol–water partition coefficient (Wildman–Crippen LogP) is 4.04. The van der Waals surface area contributed by atoms with E-state index in [2.05, 4.69) is 10.6 Å². The van der Waals surface area contributed by atoms with E-state index in [0.29, 0.717) is 22.6 Å². The van der Waals surface area contributed by atoms with Crippen LogP contribution in [0.2, 0.25) is 0 Å². The topological polar surface area (TPSA) is 78.5 Å². The van der Waals surface area contributed by atoms with Gasteiger partial charge in [-0.1, -0.05) is 48.5 Å². The Morgan fingerprint density at radius 1 is 0.733 bits per heavy atom. The highest BCUT2D eigenvalue weighted by molar-refractivity contribution is 6.46. The third-order valence-corrected chi connectivity index (χ3v) is 4.64. The minimum Gasteiger partial charge on any atom is -0.350 e. The standard InChI is InChI=1S/C24H19N3O3/c1-16(28)25-19-14-12-17(13-15-19)21-22(26-18-8-4-2-5-9-18)24(30)27(23(21)29)20-10-6-3-7-11-20/h2-15,26H,1H3,(H,25,28). The molecule has 0 aliphatic carbocycles. The van der Waals surface area contributed by atoms with Crippen LogP contribution in [0.15, 0.2) is 90.6 Å². The first kappa shape index (κ1) is 19.1. The lowest BCUT2D eigenvalue weighted by Gasteiger charge is -2.15. The van der Waals surface area contributed by atoms with E-state index < -0.39 is 11.8 Å². The Morgan fingerprint density at radius 3 is 1.93 bits per heavy atom. The van der Waals surface area contributed by atoms with Crippen LogP contribution in [0, 0.1) is 0 Å². The molecular weight excluding hydrogens is 378 g/mol. The van der Waals surface area contributed by atoms with Crippen LogP contribution in [-0.4, -0.2) is 17.7 Å². The maximum atomic E-state index is 13.3. The number of hydrogen-bond acceptors (Lipinski definition) is 4. The Bertz CT molecular complexity index is 1140. The van der Waals surface area contributed by atoms with Crippen LogP contribution in [0.1, 0.15) is 12.5 Å². The van der Waals surface area contributed by atoms with Gasteiger partial charge in [0.05, 0.1) is 11.3 Å². The van der Waals surface area contributed by atoms with Gasteiger partial charge < -0.3 is 10.6 Å². The molecule has 0 radical (unpaired) electrons. The molecule has 0 aromatic heterocycles. The van der Waals surface area contributed by atoms with Gasteiger partial charge in [-0.25, -0.2) is 4.90 Å². The zero-order valence-corrected chi connectivity index (χ0v) is 16.3. The van der Waals surface area contributed by atoms with Crippen molar-refractivity contribution in [2.24, 2.45) is 0 Å². The quantitative estimate of drug-likeness (QED) is 0.637. The molecule has 4 rings (SSSR count). The lowest BCUT2D eigenvalue weighted by atomic mass is 10.0. The molecule has 3 aromatic carbocycles. The average molecular weight is 397 g/mol. The van der Waals surface area contributed by atoms with Gasteiger partial charge in [0.15, 0.2) is 0 Å². The summed E-state index contributed by atoms with van der Waals surface area (Å²) in [6.45, 7) is 1.43. The summed E-state index contributed by atoms with van der Waals surface area (Å²) in [5.41, 5.74) is 2.89. The number of para-hydroxylation sites is 2. The first-order chi connectivity index (χ1) is 14.5. The molecule has 2 N–H and O–H groups in total. The Labute approximate surface area is 173 Å². The number of imide groups is 1. The first-order valence-electron chi connectivity index (χ1n) is 9.43.